The van der Waals surface area contributed by atoms with Gasteiger partial charge in [-0.25, -0.2) is 9.50 Å². The predicted octanol–water partition coefficient (Wildman–Crippen LogP) is 4.45. The molecule has 0 aliphatic rings. The summed E-state index contributed by atoms with van der Waals surface area (Å²) in [5.74, 6) is 1.44. The molecule has 3 aromatic heterocycles. The Bertz CT molecular complexity index is 1080. The Labute approximate surface area is 154 Å². The van der Waals surface area contributed by atoms with Crippen LogP contribution in [-0.2, 0) is 0 Å². The van der Waals surface area contributed by atoms with Gasteiger partial charge in [-0.2, -0.15) is 0 Å². The standard InChI is InChI=1S/C19H16N4O2S/c1-12-3-5-14(6-4-12)25-17-8-7-16-20-15(11-23(16)22-17)21-19(24)18-13(2)9-10-26-18/h3-11H,1-2H3,(H,21,24). The van der Waals surface area contributed by atoms with Crippen LogP contribution in [-0.4, -0.2) is 20.5 Å². The van der Waals surface area contributed by atoms with Crippen molar-refractivity contribution >= 4 is 28.7 Å². The summed E-state index contributed by atoms with van der Waals surface area (Å²) in [7, 11) is 0. The van der Waals surface area contributed by atoms with E-state index in [0.29, 0.717) is 28.0 Å². The van der Waals surface area contributed by atoms with Crippen molar-refractivity contribution in [2.75, 3.05) is 5.32 Å². The molecule has 1 amide bonds. The van der Waals surface area contributed by atoms with E-state index in [4.69, 9.17) is 4.74 Å². The fourth-order valence-electron chi connectivity index (χ4n) is 2.48. The van der Waals surface area contributed by atoms with Crippen LogP contribution < -0.4 is 10.1 Å². The van der Waals surface area contributed by atoms with E-state index in [-0.39, 0.29) is 5.91 Å². The summed E-state index contributed by atoms with van der Waals surface area (Å²) in [6.07, 6.45) is 1.66. The van der Waals surface area contributed by atoms with Gasteiger partial charge in [-0.05, 0) is 49.1 Å². The SMILES string of the molecule is Cc1ccc(Oc2ccc3nc(NC(=O)c4sccc4C)cn3n2)cc1. The smallest absolute Gasteiger partial charge is 0.267 e. The summed E-state index contributed by atoms with van der Waals surface area (Å²) in [6.45, 7) is 3.93. The highest BCUT2D eigenvalue weighted by Crippen LogP contribution is 2.21. The van der Waals surface area contributed by atoms with E-state index in [2.05, 4.69) is 15.4 Å². The van der Waals surface area contributed by atoms with Crippen LogP contribution in [0.4, 0.5) is 5.82 Å². The molecule has 0 saturated heterocycles. The molecule has 0 saturated carbocycles. The largest absolute Gasteiger partial charge is 0.438 e. The minimum atomic E-state index is -0.169. The molecule has 0 unspecified atom stereocenters. The molecule has 1 N–H and O–H groups in total. The lowest BCUT2D eigenvalue weighted by atomic mass is 10.2. The van der Waals surface area contributed by atoms with Crippen LogP contribution in [0.3, 0.4) is 0 Å². The number of hydrogen-bond acceptors (Lipinski definition) is 5. The van der Waals surface area contributed by atoms with Gasteiger partial charge in [-0.1, -0.05) is 17.7 Å². The van der Waals surface area contributed by atoms with E-state index >= 15 is 0 Å². The minimum absolute atomic E-state index is 0.169. The Hall–Kier alpha value is -3.19. The van der Waals surface area contributed by atoms with Crippen LogP contribution in [0, 0.1) is 13.8 Å². The van der Waals surface area contributed by atoms with Crippen molar-refractivity contribution in [2.24, 2.45) is 0 Å². The molecule has 1 aromatic carbocycles. The quantitative estimate of drug-likeness (QED) is 0.581. The van der Waals surface area contributed by atoms with Crippen molar-refractivity contribution < 1.29 is 9.53 Å². The molecule has 4 aromatic rings. The Morgan fingerprint density at radius 3 is 2.65 bits per heavy atom. The van der Waals surface area contributed by atoms with Gasteiger partial charge in [0.25, 0.3) is 5.91 Å². The van der Waals surface area contributed by atoms with Crippen LogP contribution >= 0.6 is 11.3 Å². The van der Waals surface area contributed by atoms with Crippen LogP contribution in [0.15, 0.2) is 54.0 Å². The van der Waals surface area contributed by atoms with Gasteiger partial charge < -0.3 is 10.1 Å². The number of nitrogens with zero attached hydrogens (tertiary/aromatic N) is 3. The molecule has 0 fully saturated rings. The highest BCUT2D eigenvalue weighted by molar-refractivity contribution is 7.12. The third-order valence-electron chi connectivity index (χ3n) is 3.85. The first-order valence-corrected chi connectivity index (χ1v) is 8.93. The zero-order chi connectivity index (χ0) is 18.1. The molecule has 6 nitrogen and oxygen atoms in total. The summed E-state index contributed by atoms with van der Waals surface area (Å²) in [6, 6.07) is 13.2. The fraction of sp³-hybridized carbons (Fsp3) is 0.105. The number of aromatic nitrogens is 3. The van der Waals surface area contributed by atoms with Gasteiger partial charge in [-0.15, -0.1) is 16.4 Å². The van der Waals surface area contributed by atoms with Crippen molar-refractivity contribution in [1.82, 2.24) is 14.6 Å². The number of ether oxygens (including phenoxy) is 1. The predicted molar refractivity (Wildman–Crippen MR) is 101 cm³/mol. The Morgan fingerprint density at radius 1 is 1.12 bits per heavy atom. The molecule has 0 aliphatic carbocycles. The number of rotatable bonds is 4. The number of aryl methyl sites for hydroxylation is 2. The number of fused-ring (bicyclic) bond motifs is 1. The zero-order valence-corrected chi connectivity index (χ0v) is 15.1. The number of thiophene rings is 1. The molecule has 0 spiro atoms. The van der Waals surface area contributed by atoms with E-state index in [9.17, 15) is 4.79 Å². The average Bonchev–Trinajstić information content (AvgIpc) is 3.22. The average molecular weight is 364 g/mol. The molecule has 0 atom stereocenters. The fourth-order valence-corrected chi connectivity index (χ4v) is 3.30. The normalized spacial score (nSPS) is 10.8. The molecule has 26 heavy (non-hydrogen) atoms. The van der Waals surface area contributed by atoms with Gasteiger partial charge in [0, 0.05) is 6.07 Å². The van der Waals surface area contributed by atoms with E-state index in [1.165, 1.54) is 11.3 Å². The first-order chi connectivity index (χ1) is 12.6. The second kappa shape index (κ2) is 6.61. The van der Waals surface area contributed by atoms with Gasteiger partial charge in [0.1, 0.15) is 5.75 Å². The van der Waals surface area contributed by atoms with Crippen LogP contribution in [0.2, 0.25) is 0 Å². The Morgan fingerprint density at radius 2 is 1.92 bits per heavy atom. The van der Waals surface area contributed by atoms with Crippen molar-refractivity contribution in [3.8, 4) is 11.6 Å². The zero-order valence-electron chi connectivity index (χ0n) is 14.3. The van der Waals surface area contributed by atoms with Gasteiger partial charge in [0.15, 0.2) is 11.5 Å². The molecule has 0 bridgehead atoms. The monoisotopic (exact) mass is 364 g/mol. The first-order valence-electron chi connectivity index (χ1n) is 8.05. The minimum Gasteiger partial charge on any atom is -0.438 e. The number of carbonyl (C=O) groups is 1. The van der Waals surface area contributed by atoms with Crippen molar-refractivity contribution in [3.63, 3.8) is 0 Å². The third kappa shape index (κ3) is 3.29. The highest BCUT2D eigenvalue weighted by Gasteiger charge is 2.13. The van der Waals surface area contributed by atoms with Gasteiger partial charge >= 0.3 is 0 Å². The number of imidazole rings is 1. The van der Waals surface area contributed by atoms with E-state index in [1.54, 1.807) is 22.8 Å². The van der Waals surface area contributed by atoms with E-state index in [1.807, 2.05) is 49.6 Å². The second-order valence-corrected chi connectivity index (χ2v) is 6.82. The molecule has 0 radical (unpaired) electrons. The van der Waals surface area contributed by atoms with Gasteiger partial charge in [-0.3, -0.25) is 4.79 Å². The van der Waals surface area contributed by atoms with Crippen molar-refractivity contribution in [3.05, 3.63) is 70.0 Å². The maximum atomic E-state index is 12.3. The van der Waals surface area contributed by atoms with Crippen molar-refractivity contribution in [1.29, 1.82) is 0 Å². The third-order valence-corrected chi connectivity index (χ3v) is 4.86. The van der Waals surface area contributed by atoms with Crippen molar-refractivity contribution in [2.45, 2.75) is 13.8 Å². The number of carbonyl (C=O) groups excluding carboxylic acids is 1. The van der Waals surface area contributed by atoms with Crippen LogP contribution in [0.25, 0.3) is 5.65 Å². The van der Waals surface area contributed by atoms with E-state index in [0.717, 1.165) is 11.1 Å². The molecular formula is C19H16N4O2S. The van der Waals surface area contributed by atoms with Crippen LogP contribution in [0.1, 0.15) is 20.8 Å². The Balaban J connectivity index is 1.55. The highest BCUT2D eigenvalue weighted by atomic mass is 32.1. The number of anilines is 1. The molecule has 3 heterocycles. The maximum absolute atomic E-state index is 12.3. The lowest BCUT2D eigenvalue weighted by Crippen LogP contribution is -2.11. The Kier molecular flexibility index (Phi) is 4.14. The number of hydrogen-bond donors (Lipinski definition) is 1. The molecule has 0 aliphatic heterocycles. The van der Waals surface area contributed by atoms with Crippen LogP contribution in [0.5, 0.6) is 11.6 Å². The lowest BCUT2D eigenvalue weighted by molar-refractivity contribution is 0.102. The second-order valence-electron chi connectivity index (χ2n) is 5.90. The summed E-state index contributed by atoms with van der Waals surface area (Å²) in [5.41, 5.74) is 2.74. The summed E-state index contributed by atoms with van der Waals surface area (Å²) in [4.78, 5) is 17.4. The lowest BCUT2D eigenvalue weighted by Gasteiger charge is -2.04. The maximum Gasteiger partial charge on any atom is 0.267 e. The summed E-state index contributed by atoms with van der Waals surface area (Å²) < 4.78 is 7.34. The summed E-state index contributed by atoms with van der Waals surface area (Å²) in [5, 5.41) is 9.09. The molecular weight excluding hydrogens is 348 g/mol. The summed E-state index contributed by atoms with van der Waals surface area (Å²) >= 11 is 1.41. The molecule has 7 heteroatoms. The van der Waals surface area contributed by atoms with Gasteiger partial charge in [0.05, 0.1) is 11.1 Å². The van der Waals surface area contributed by atoms with Gasteiger partial charge in [0.2, 0.25) is 5.88 Å². The molecule has 4 rings (SSSR count). The molecule has 130 valence electrons. The topological polar surface area (TPSA) is 68.5 Å². The number of benzene rings is 1. The number of amides is 1. The first kappa shape index (κ1) is 16.3. The van der Waals surface area contributed by atoms with E-state index < -0.39 is 0 Å². The number of nitrogens with one attached hydrogen (secondary N) is 1.